The molecule has 1 heterocycles. The minimum atomic E-state index is -0.646. The Hall–Kier alpha value is -1.62. The second kappa shape index (κ2) is 6.70. The molecule has 0 bridgehead atoms. The minimum absolute atomic E-state index is 0.0245. The zero-order chi connectivity index (χ0) is 14.5. The standard InChI is InChI=1S/C15H21FN2O2/c1-3-18-8-6-11(7-9-18)17-12-4-5-14(16)13(10-12)15(19)20-2/h4-5,10-11,17H,3,6-9H2,1-2H3. The average molecular weight is 280 g/mol. The number of rotatable bonds is 4. The van der Waals surface area contributed by atoms with E-state index in [1.54, 1.807) is 6.07 Å². The number of piperidine rings is 1. The summed E-state index contributed by atoms with van der Waals surface area (Å²) in [4.78, 5) is 13.9. The Kier molecular flexibility index (Phi) is 4.95. The number of esters is 1. The Morgan fingerprint density at radius 3 is 2.75 bits per heavy atom. The summed E-state index contributed by atoms with van der Waals surface area (Å²) in [5.74, 6) is -1.20. The number of halogens is 1. The lowest BCUT2D eigenvalue weighted by atomic mass is 10.0. The Labute approximate surface area is 118 Å². The normalized spacial score (nSPS) is 16.9. The molecule has 1 aliphatic heterocycles. The number of benzene rings is 1. The van der Waals surface area contributed by atoms with E-state index in [0.717, 1.165) is 38.2 Å². The number of nitrogens with zero attached hydrogens (tertiary/aromatic N) is 1. The first-order chi connectivity index (χ1) is 9.63. The van der Waals surface area contributed by atoms with Crippen molar-refractivity contribution < 1.29 is 13.9 Å². The summed E-state index contributed by atoms with van der Waals surface area (Å²) in [6, 6.07) is 4.85. The van der Waals surface area contributed by atoms with Gasteiger partial charge in [-0.1, -0.05) is 6.92 Å². The molecule has 0 spiro atoms. The summed E-state index contributed by atoms with van der Waals surface area (Å²) in [5, 5.41) is 3.37. The number of carbonyl (C=O) groups excluding carboxylic acids is 1. The Bertz CT molecular complexity index is 471. The summed E-state index contributed by atoms with van der Waals surface area (Å²) in [7, 11) is 1.25. The lowest BCUT2D eigenvalue weighted by Gasteiger charge is -2.32. The molecule has 0 amide bonds. The van der Waals surface area contributed by atoms with Gasteiger partial charge < -0.3 is 15.0 Å². The van der Waals surface area contributed by atoms with E-state index in [9.17, 15) is 9.18 Å². The third-order valence-corrected chi connectivity index (χ3v) is 3.78. The van der Waals surface area contributed by atoms with E-state index in [0.29, 0.717) is 6.04 Å². The van der Waals surface area contributed by atoms with Crippen LogP contribution >= 0.6 is 0 Å². The molecule has 0 unspecified atom stereocenters. The van der Waals surface area contributed by atoms with Crippen molar-refractivity contribution in [2.75, 3.05) is 32.1 Å². The lowest BCUT2D eigenvalue weighted by Crippen LogP contribution is -2.38. The number of nitrogens with one attached hydrogen (secondary N) is 1. The summed E-state index contributed by atoms with van der Waals surface area (Å²) < 4.78 is 18.1. The molecule has 20 heavy (non-hydrogen) atoms. The molecule has 110 valence electrons. The number of methoxy groups -OCH3 is 1. The molecule has 1 saturated heterocycles. The van der Waals surface area contributed by atoms with Crippen LogP contribution in [-0.2, 0) is 4.74 Å². The van der Waals surface area contributed by atoms with Crippen LogP contribution in [0.5, 0.6) is 0 Å². The van der Waals surface area contributed by atoms with Gasteiger partial charge in [0.25, 0.3) is 0 Å². The summed E-state index contributed by atoms with van der Waals surface area (Å²) in [6.45, 7) is 5.38. The highest BCUT2D eigenvalue weighted by molar-refractivity contribution is 5.90. The van der Waals surface area contributed by atoms with Crippen LogP contribution in [0.2, 0.25) is 0 Å². The molecule has 0 aromatic heterocycles. The summed E-state index contributed by atoms with van der Waals surface area (Å²) >= 11 is 0. The monoisotopic (exact) mass is 280 g/mol. The second-order valence-corrected chi connectivity index (χ2v) is 5.04. The van der Waals surface area contributed by atoms with E-state index in [1.165, 1.54) is 19.2 Å². The third-order valence-electron chi connectivity index (χ3n) is 3.78. The molecule has 0 aliphatic carbocycles. The van der Waals surface area contributed by atoms with Crippen molar-refractivity contribution in [1.29, 1.82) is 0 Å². The first kappa shape index (κ1) is 14.8. The first-order valence-corrected chi connectivity index (χ1v) is 7.00. The van der Waals surface area contributed by atoms with Crippen molar-refractivity contribution >= 4 is 11.7 Å². The van der Waals surface area contributed by atoms with E-state index < -0.39 is 11.8 Å². The van der Waals surface area contributed by atoms with E-state index in [2.05, 4.69) is 21.9 Å². The van der Waals surface area contributed by atoms with Crippen molar-refractivity contribution in [2.24, 2.45) is 0 Å². The molecule has 5 heteroatoms. The molecule has 2 rings (SSSR count). The quantitative estimate of drug-likeness (QED) is 0.861. The highest BCUT2D eigenvalue weighted by Crippen LogP contribution is 2.20. The summed E-state index contributed by atoms with van der Waals surface area (Å²) in [6.07, 6.45) is 2.11. The highest BCUT2D eigenvalue weighted by Gasteiger charge is 2.19. The van der Waals surface area contributed by atoms with Crippen LogP contribution in [0.4, 0.5) is 10.1 Å². The van der Waals surface area contributed by atoms with Gasteiger partial charge in [0.05, 0.1) is 12.7 Å². The SMILES string of the molecule is CCN1CCC(Nc2ccc(F)c(C(=O)OC)c2)CC1. The maximum atomic E-state index is 13.5. The average Bonchev–Trinajstić information content (AvgIpc) is 2.49. The van der Waals surface area contributed by atoms with Crippen molar-refractivity contribution in [3.05, 3.63) is 29.6 Å². The molecule has 1 aliphatic rings. The third kappa shape index (κ3) is 3.48. The zero-order valence-electron chi connectivity index (χ0n) is 12.0. The van der Waals surface area contributed by atoms with Gasteiger partial charge in [-0.05, 0) is 37.6 Å². The number of anilines is 1. The predicted octanol–water partition coefficient (Wildman–Crippen LogP) is 2.51. The number of carbonyl (C=O) groups is 1. The number of hydrogen-bond donors (Lipinski definition) is 1. The van der Waals surface area contributed by atoms with Gasteiger partial charge in [0.2, 0.25) is 0 Å². The Morgan fingerprint density at radius 2 is 2.15 bits per heavy atom. The van der Waals surface area contributed by atoms with Crippen molar-refractivity contribution in [1.82, 2.24) is 4.90 Å². The molecule has 1 aromatic rings. The molecular formula is C15H21FN2O2. The van der Waals surface area contributed by atoms with Crippen LogP contribution in [0.15, 0.2) is 18.2 Å². The number of hydrogen-bond acceptors (Lipinski definition) is 4. The predicted molar refractivity (Wildman–Crippen MR) is 76.5 cm³/mol. The van der Waals surface area contributed by atoms with Crippen LogP contribution in [0.1, 0.15) is 30.1 Å². The van der Waals surface area contributed by atoms with Gasteiger partial charge in [-0.25, -0.2) is 9.18 Å². The lowest BCUT2D eigenvalue weighted by molar-refractivity contribution is 0.0595. The molecule has 0 saturated carbocycles. The first-order valence-electron chi connectivity index (χ1n) is 7.00. The van der Waals surface area contributed by atoms with Crippen molar-refractivity contribution in [3.63, 3.8) is 0 Å². The molecule has 1 fully saturated rings. The zero-order valence-corrected chi connectivity index (χ0v) is 12.0. The maximum absolute atomic E-state index is 13.5. The van der Waals surface area contributed by atoms with Crippen LogP contribution in [-0.4, -0.2) is 43.7 Å². The second-order valence-electron chi connectivity index (χ2n) is 5.04. The topological polar surface area (TPSA) is 41.6 Å². The number of likely N-dealkylation sites (tertiary alicyclic amines) is 1. The van der Waals surface area contributed by atoms with Gasteiger partial charge >= 0.3 is 5.97 Å². The van der Waals surface area contributed by atoms with E-state index in [-0.39, 0.29) is 5.56 Å². The van der Waals surface area contributed by atoms with Crippen LogP contribution < -0.4 is 5.32 Å². The van der Waals surface area contributed by atoms with E-state index in [1.807, 2.05) is 0 Å². The largest absolute Gasteiger partial charge is 0.465 e. The minimum Gasteiger partial charge on any atom is -0.465 e. The maximum Gasteiger partial charge on any atom is 0.340 e. The van der Waals surface area contributed by atoms with E-state index >= 15 is 0 Å². The van der Waals surface area contributed by atoms with Gasteiger partial charge in [0, 0.05) is 24.8 Å². The van der Waals surface area contributed by atoms with Gasteiger partial charge in [0.1, 0.15) is 5.82 Å². The van der Waals surface area contributed by atoms with Crippen molar-refractivity contribution in [2.45, 2.75) is 25.8 Å². The van der Waals surface area contributed by atoms with Crippen LogP contribution in [0, 0.1) is 5.82 Å². The van der Waals surface area contributed by atoms with Crippen LogP contribution in [0.3, 0.4) is 0 Å². The van der Waals surface area contributed by atoms with Crippen molar-refractivity contribution in [3.8, 4) is 0 Å². The fraction of sp³-hybridized carbons (Fsp3) is 0.533. The molecule has 4 nitrogen and oxygen atoms in total. The van der Waals surface area contributed by atoms with E-state index in [4.69, 9.17) is 0 Å². The fourth-order valence-electron chi connectivity index (χ4n) is 2.51. The molecule has 1 N–H and O–H groups in total. The molecule has 0 atom stereocenters. The van der Waals surface area contributed by atoms with Gasteiger partial charge in [0.15, 0.2) is 0 Å². The molecular weight excluding hydrogens is 259 g/mol. The molecule has 0 radical (unpaired) electrons. The Balaban J connectivity index is 2.01. The van der Waals surface area contributed by atoms with Gasteiger partial charge in [-0.15, -0.1) is 0 Å². The van der Waals surface area contributed by atoms with Gasteiger partial charge in [-0.3, -0.25) is 0 Å². The number of ether oxygens (including phenoxy) is 1. The van der Waals surface area contributed by atoms with Gasteiger partial charge in [-0.2, -0.15) is 0 Å². The highest BCUT2D eigenvalue weighted by atomic mass is 19.1. The fourth-order valence-corrected chi connectivity index (χ4v) is 2.51. The van der Waals surface area contributed by atoms with Crippen LogP contribution in [0.25, 0.3) is 0 Å². The smallest absolute Gasteiger partial charge is 0.340 e. The molecule has 1 aromatic carbocycles. The summed E-state index contributed by atoms with van der Waals surface area (Å²) in [5.41, 5.74) is 0.741. The Morgan fingerprint density at radius 1 is 1.45 bits per heavy atom.